The minimum absolute atomic E-state index is 0.144. The van der Waals surface area contributed by atoms with Gasteiger partial charge in [-0.05, 0) is 24.3 Å². The quantitative estimate of drug-likeness (QED) is 0.656. The lowest BCUT2D eigenvalue weighted by Crippen LogP contribution is -2.49. The number of amides is 1. The molecule has 0 saturated carbocycles. The topological polar surface area (TPSA) is 36.4 Å². The Labute approximate surface area is 168 Å². The second kappa shape index (κ2) is 8.11. The summed E-state index contributed by atoms with van der Waals surface area (Å²) in [6, 6.07) is 18.0. The van der Waals surface area contributed by atoms with Gasteiger partial charge in [-0.2, -0.15) is 0 Å². The number of thiazole rings is 1. The van der Waals surface area contributed by atoms with Crippen LogP contribution in [0.3, 0.4) is 0 Å². The number of rotatable bonds is 4. The van der Waals surface area contributed by atoms with Crippen molar-refractivity contribution in [2.45, 2.75) is 6.42 Å². The molecule has 2 aromatic carbocycles. The maximum absolute atomic E-state index is 12.7. The first-order valence-corrected chi connectivity index (χ1v) is 10.2. The highest BCUT2D eigenvalue weighted by Crippen LogP contribution is 2.26. The monoisotopic (exact) mass is 397 g/mol. The highest BCUT2D eigenvalue weighted by Gasteiger charge is 2.22. The number of carbonyl (C=O) groups is 1. The normalized spacial score (nSPS) is 14.4. The van der Waals surface area contributed by atoms with Gasteiger partial charge in [-0.25, -0.2) is 4.98 Å². The fraction of sp³-hybridized carbons (Fsp3) is 0.238. The summed E-state index contributed by atoms with van der Waals surface area (Å²) in [4.78, 5) is 21.5. The Balaban J connectivity index is 1.35. The van der Waals surface area contributed by atoms with E-state index < -0.39 is 0 Å². The van der Waals surface area contributed by atoms with Crippen LogP contribution in [0.2, 0.25) is 5.02 Å². The van der Waals surface area contributed by atoms with Gasteiger partial charge in [0.25, 0.3) is 0 Å². The molecule has 1 aliphatic rings. The van der Waals surface area contributed by atoms with Gasteiger partial charge >= 0.3 is 0 Å². The van der Waals surface area contributed by atoms with Gasteiger partial charge in [0, 0.05) is 47.8 Å². The predicted octanol–water partition coefficient (Wildman–Crippen LogP) is 4.35. The Morgan fingerprint density at radius 3 is 2.56 bits per heavy atom. The van der Waals surface area contributed by atoms with E-state index in [1.54, 1.807) is 11.3 Å². The van der Waals surface area contributed by atoms with E-state index in [-0.39, 0.29) is 5.91 Å². The minimum atomic E-state index is 0.144. The van der Waals surface area contributed by atoms with Gasteiger partial charge < -0.3 is 9.80 Å². The van der Waals surface area contributed by atoms with Crippen molar-refractivity contribution in [2.75, 3.05) is 31.1 Å². The van der Waals surface area contributed by atoms with E-state index in [9.17, 15) is 4.79 Å². The van der Waals surface area contributed by atoms with Crippen LogP contribution < -0.4 is 4.90 Å². The van der Waals surface area contributed by atoms with Crippen molar-refractivity contribution in [2.24, 2.45) is 0 Å². The lowest BCUT2D eigenvalue weighted by atomic mass is 10.2. The van der Waals surface area contributed by atoms with Gasteiger partial charge in [-0.15, -0.1) is 11.3 Å². The number of nitrogens with zero attached hydrogens (tertiary/aromatic N) is 3. The number of benzene rings is 2. The number of halogens is 1. The van der Waals surface area contributed by atoms with Crippen LogP contribution >= 0.6 is 22.9 Å². The lowest BCUT2D eigenvalue weighted by molar-refractivity contribution is -0.130. The van der Waals surface area contributed by atoms with Gasteiger partial charge in [-0.3, -0.25) is 4.79 Å². The molecule has 138 valence electrons. The first-order valence-electron chi connectivity index (χ1n) is 8.97. The van der Waals surface area contributed by atoms with Crippen LogP contribution in [-0.2, 0) is 11.2 Å². The zero-order chi connectivity index (χ0) is 18.6. The van der Waals surface area contributed by atoms with Gasteiger partial charge in [-0.1, -0.05) is 41.9 Å². The van der Waals surface area contributed by atoms with Crippen molar-refractivity contribution in [1.29, 1.82) is 0 Å². The average molecular weight is 398 g/mol. The SMILES string of the molecule is O=C(Cc1csc(-c2cccc(Cl)c2)n1)N1CCN(c2ccccc2)CC1. The van der Waals surface area contributed by atoms with Gasteiger partial charge in [0.1, 0.15) is 5.01 Å². The number of hydrogen-bond acceptors (Lipinski definition) is 4. The zero-order valence-corrected chi connectivity index (χ0v) is 16.4. The van der Waals surface area contributed by atoms with Crippen LogP contribution in [0, 0.1) is 0 Å². The second-order valence-corrected chi connectivity index (χ2v) is 7.83. The molecule has 1 amide bonds. The minimum Gasteiger partial charge on any atom is -0.368 e. The fourth-order valence-corrected chi connectivity index (χ4v) is 4.27. The van der Waals surface area contributed by atoms with Crippen molar-refractivity contribution >= 4 is 34.5 Å². The molecule has 1 fully saturated rings. The smallest absolute Gasteiger partial charge is 0.228 e. The van der Waals surface area contributed by atoms with Crippen LogP contribution in [-0.4, -0.2) is 42.0 Å². The Morgan fingerprint density at radius 2 is 1.81 bits per heavy atom. The standard InChI is InChI=1S/C21H20ClN3OS/c22-17-6-4-5-16(13-17)21-23-18(15-27-21)14-20(26)25-11-9-24(10-12-25)19-7-2-1-3-8-19/h1-8,13,15H,9-12,14H2. The molecule has 1 saturated heterocycles. The third kappa shape index (κ3) is 4.31. The lowest BCUT2D eigenvalue weighted by Gasteiger charge is -2.36. The van der Waals surface area contributed by atoms with E-state index in [1.165, 1.54) is 5.69 Å². The molecule has 0 spiro atoms. The maximum atomic E-state index is 12.7. The summed E-state index contributed by atoms with van der Waals surface area (Å²) in [5.74, 6) is 0.144. The molecule has 0 bridgehead atoms. The van der Waals surface area contributed by atoms with E-state index in [1.807, 2.05) is 52.7 Å². The summed E-state index contributed by atoms with van der Waals surface area (Å²) < 4.78 is 0. The molecule has 0 atom stereocenters. The molecule has 3 aromatic rings. The number of carbonyl (C=O) groups excluding carboxylic acids is 1. The summed E-state index contributed by atoms with van der Waals surface area (Å²) in [7, 11) is 0. The number of para-hydroxylation sites is 1. The van der Waals surface area contributed by atoms with Gasteiger partial charge in [0.2, 0.25) is 5.91 Å². The number of piperazine rings is 1. The molecular formula is C21H20ClN3OS. The van der Waals surface area contributed by atoms with Crippen LogP contribution in [0.4, 0.5) is 5.69 Å². The van der Waals surface area contributed by atoms with E-state index in [0.29, 0.717) is 11.4 Å². The van der Waals surface area contributed by atoms with Crippen LogP contribution in [0.25, 0.3) is 10.6 Å². The van der Waals surface area contributed by atoms with Crippen molar-refractivity contribution in [1.82, 2.24) is 9.88 Å². The van der Waals surface area contributed by atoms with Gasteiger partial charge in [0.15, 0.2) is 0 Å². The second-order valence-electron chi connectivity index (χ2n) is 6.53. The molecule has 27 heavy (non-hydrogen) atoms. The third-order valence-electron chi connectivity index (χ3n) is 4.71. The van der Waals surface area contributed by atoms with Crippen molar-refractivity contribution in [3.63, 3.8) is 0 Å². The fourth-order valence-electron chi connectivity index (χ4n) is 3.26. The van der Waals surface area contributed by atoms with Crippen molar-refractivity contribution in [3.8, 4) is 10.6 Å². The summed E-state index contributed by atoms with van der Waals surface area (Å²) >= 11 is 7.60. The molecule has 4 nitrogen and oxygen atoms in total. The van der Waals surface area contributed by atoms with Crippen LogP contribution in [0.1, 0.15) is 5.69 Å². The summed E-state index contributed by atoms with van der Waals surface area (Å²) in [6.07, 6.45) is 0.350. The molecule has 0 radical (unpaired) electrons. The molecule has 0 aliphatic carbocycles. The van der Waals surface area contributed by atoms with E-state index >= 15 is 0 Å². The number of aromatic nitrogens is 1. The molecule has 2 heterocycles. The summed E-state index contributed by atoms with van der Waals surface area (Å²) in [5.41, 5.74) is 3.03. The largest absolute Gasteiger partial charge is 0.368 e. The van der Waals surface area contributed by atoms with E-state index in [4.69, 9.17) is 11.6 Å². The molecule has 0 unspecified atom stereocenters. The summed E-state index contributed by atoms with van der Waals surface area (Å²) in [5, 5.41) is 3.56. The Morgan fingerprint density at radius 1 is 1.04 bits per heavy atom. The molecule has 0 N–H and O–H groups in total. The van der Waals surface area contributed by atoms with Crippen molar-refractivity contribution in [3.05, 3.63) is 70.7 Å². The zero-order valence-electron chi connectivity index (χ0n) is 14.8. The molecule has 1 aromatic heterocycles. The highest BCUT2D eigenvalue weighted by molar-refractivity contribution is 7.13. The van der Waals surface area contributed by atoms with E-state index in [2.05, 4.69) is 22.0 Å². The predicted molar refractivity (Wildman–Crippen MR) is 111 cm³/mol. The Kier molecular flexibility index (Phi) is 5.41. The first-order chi connectivity index (χ1) is 13.2. The van der Waals surface area contributed by atoms with Crippen LogP contribution in [0.5, 0.6) is 0 Å². The Bertz CT molecular complexity index is 920. The molecule has 6 heteroatoms. The number of hydrogen-bond donors (Lipinski definition) is 0. The average Bonchev–Trinajstić information content (AvgIpc) is 3.17. The summed E-state index contributed by atoms with van der Waals surface area (Å²) in [6.45, 7) is 3.22. The molecule has 4 rings (SSSR count). The first kappa shape index (κ1) is 18.0. The van der Waals surface area contributed by atoms with E-state index in [0.717, 1.165) is 42.4 Å². The molecular weight excluding hydrogens is 378 g/mol. The van der Waals surface area contributed by atoms with Gasteiger partial charge in [0.05, 0.1) is 12.1 Å². The highest BCUT2D eigenvalue weighted by atomic mass is 35.5. The maximum Gasteiger partial charge on any atom is 0.228 e. The van der Waals surface area contributed by atoms with Crippen molar-refractivity contribution < 1.29 is 4.79 Å². The third-order valence-corrected chi connectivity index (χ3v) is 5.88. The number of anilines is 1. The Hall–Kier alpha value is -2.37. The molecule has 1 aliphatic heterocycles. The van der Waals surface area contributed by atoms with Crippen LogP contribution in [0.15, 0.2) is 60.0 Å².